The maximum absolute atomic E-state index is 12.6. The van der Waals surface area contributed by atoms with Gasteiger partial charge in [-0.15, -0.1) is 0 Å². The number of amides is 2. The Bertz CT molecular complexity index is 408. The number of nitrogens with zero attached hydrogens (tertiary/aromatic N) is 3. The first-order valence-electron chi connectivity index (χ1n) is 8.84. The second kappa shape index (κ2) is 7.36. The molecule has 2 rings (SSSR count). The Morgan fingerprint density at radius 1 is 1.30 bits per heavy atom. The number of hydrogen-bond acceptors (Lipinski definition) is 4. The summed E-state index contributed by atoms with van der Waals surface area (Å²) < 4.78 is 0. The number of piperazine rings is 1. The maximum Gasteiger partial charge on any atom is 0.317 e. The van der Waals surface area contributed by atoms with Crippen molar-refractivity contribution in [3.05, 3.63) is 0 Å². The lowest BCUT2D eigenvalue weighted by atomic mass is 10.1. The fourth-order valence-corrected chi connectivity index (χ4v) is 3.84. The van der Waals surface area contributed by atoms with Gasteiger partial charge < -0.3 is 20.2 Å². The summed E-state index contributed by atoms with van der Waals surface area (Å²) in [5, 5.41) is 13.2. The van der Waals surface area contributed by atoms with E-state index in [0.29, 0.717) is 18.6 Å². The highest BCUT2D eigenvalue weighted by Gasteiger charge is 2.32. The summed E-state index contributed by atoms with van der Waals surface area (Å²) in [6.07, 6.45) is 3.28. The lowest BCUT2D eigenvalue weighted by molar-refractivity contribution is 0.0117. The molecular weight excluding hydrogens is 292 g/mol. The number of aliphatic hydroxyl groups is 1. The third-order valence-corrected chi connectivity index (χ3v) is 5.05. The van der Waals surface area contributed by atoms with Gasteiger partial charge >= 0.3 is 6.03 Å². The van der Waals surface area contributed by atoms with Crippen molar-refractivity contribution in [3.8, 4) is 0 Å². The Labute approximate surface area is 140 Å². The van der Waals surface area contributed by atoms with E-state index in [0.717, 1.165) is 38.9 Å². The Kier molecular flexibility index (Phi) is 5.92. The van der Waals surface area contributed by atoms with Crippen LogP contribution in [0.25, 0.3) is 0 Å². The van der Waals surface area contributed by atoms with Crippen LogP contribution < -0.4 is 5.32 Å². The smallest absolute Gasteiger partial charge is 0.317 e. The van der Waals surface area contributed by atoms with Gasteiger partial charge in [-0.2, -0.15) is 0 Å². The molecule has 23 heavy (non-hydrogen) atoms. The molecule has 1 aliphatic heterocycles. The van der Waals surface area contributed by atoms with Crippen molar-refractivity contribution < 1.29 is 9.90 Å². The van der Waals surface area contributed by atoms with Gasteiger partial charge in [0, 0.05) is 44.3 Å². The van der Waals surface area contributed by atoms with E-state index in [4.69, 9.17) is 0 Å². The molecule has 0 aromatic carbocycles. The van der Waals surface area contributed by atoms with Crippen LogP contribution >= 0.6 is 0 Å². The third-order valence-electron chi connectivity index (χ3n) is 5.05. The van der Waals surface area contributed by atoms with Gasteiger partial charge in [-0.3, -0.25) is 4.90 Å². The molecule has 0 aromatic heterocycles. The molecule has 2 amide bonds. The largest absolute Gasteiger partial charge is 0.389 e. The van der Waals surface area contributed by atoms with E-state index in [1.165, 1.54) is 0 Å². The number of rotatable bonds is 4. The van der Waals surface area contributed by atoms with Gasteiger partial charge in [0.25, 0.3) is 0 Å². The van der Waals surface area contributed by atoms with Gasteiger partial charge in [0.15, 0.2) is 0 Å². The van der Waals surface area contributed by atoms with Crippen molar-refractivity contribution >= 4 is 6.03 Å². The predicted molar refractivity (Wildman–Crippen MR) is 92.6 cm³/mol. The lowest BCUT2D eigenvalue weighted by Gasteiger charge is -2.41. The molecular formula is C17H34N4O2. The van der Waals surface area contributed by atoms with Crippen molar-refractivity contribution in [1.82, 2.24) is 20.0 Å². The van der Waals surface area contributed by atoms with Gasteiger partial charge in [0.2, 0.25) is 0 Å². The molecule has 1 saturated carbocycles. The van der Waals surface area contributed by atoms with Crippen molar-refractivity contribution in [3.63, 3.8) is 0 Å². The molecule has 2 aliphatic rings. The third kappa shape index (κ3) is 5.33. The summed E-state index contributed by atoms with van der Waals surface area (Å²) in [6, 6.07) is 1.14. The monoisotopic (exact) mass is 326 g/mol. The van der Waals surface area contributed by atoms with Crippen molar-refractivity contribution in [2.24, 2.45) is 0 Å². The summed E-state index contributed by atoms with van der Waals surface area (Å²) in [4.78, 5) is 19.0. The highest BCUT2D eigenvalue weighted by Crippen LogP contribution is 2.23. The first kappa shape index (κ1) is 18.5. The zero-order valence-corrected chi connectivity index (χ0v) is 15.4. The zero-order valence-electron chi connectivity index (χ0n) is 15.4. The standard InChI is InChI=1S/C17H34N4O2/c1-13-11-20(12-17(2,3)23)8-9-21(13)16(22)18-14-6-7-15(10-14)19(4)5/h13-15,23H,6-12H2,1-5H3,(H,18,22)/t13-,14-,15-/m1/s1. The minimum Gasteiger partial charge on any atom is -0.389 e. The van der Waals surface area contributed by atoms with Crippen LogP contribution in [0, 0.1) is 0 Å². The summed E-state index contributed by atoms with van der Waals surface area (Å²) in [6.45, 7) is 8.78. The van der Waals surface area contributed by atoms with Crippen LogP contribution in [-0.2, 0) is 0 Å². The van der Waals surface area contributed by atoms with Crippen LogP contribution in [0.5, 0.6) is 0 Å². The number of β-amino-alcohol motifs (C(OH)–C–C–N with tert-alkyl or cyclic N) is 1. The topological polar surface area (TPSA) is 59.1 Å². The summed E-state index contributed by atoms with van der Waals surface area (Å²) in [5.74, 6) is 0. The number of hydrogen-bond donors (Lipinski definition) is 2. The molecule has 0 radical (unpaired) electrons. The average molecular weight is 326 g/mol. The summed E-state index contributed by atoms with van der Waals surface area (Å²) in [7, 11) is 4.22. The van der Waals surface area contributed by atoms with Crippen LogP contribution in [0.3, 0.4) is 0 Å². The Morgan fingerprint density at radius 2 is 2.00 bits per heavy atom. The van der Waals surface area contributed by atoms with Crippen LogP contribution in [-0.4, -0.2) is 89.8 Å². The molecule has 134 valence electrons. The van der Waals surface area contributed by atoms with E-state index >= 15 is 0 Å². The van der Waals surface area contributed by atoms with Crippen molar-refractivity contribution in [2.75, 3.05) is 40.3 Å². The van der Waals surface area contributed by atoms with Crippen molar-refractivity contribution in [1.29, 1.82) is 0 Å². The van der Waals surface area contributed by atoms with Crippen molar-refractivity contribution in [2.45, 2.75) is 63.8 Å². The maximum atomic E-state index is 12.6. The van der Waals surface area contributed by atoms with Crippen LogP contribution in [0.4, 0.5) is 4.79 Å². The van der Waals surface area contributed by atoms with E-state index in [9.17, 15) is 9.90 Å². The number of carbonyl (C=O) groups is 1. The van der Waals surface area contributed by atoms with Gasteiger partial charge in [0.05, 0.1) is 5.60 Å². The molecule has 2 N–H and O–H groups in total. The molecule has 2 fully saturated rings. The van der Waals surface area contributed by atoms with E-state index in [2.05, 4.69) is 36.1 Å². The molecule has 1 aliphatic carbocycles. The predicted octanol–water partition coefficient (Wildman–Crippen LogP) is 0.956. The molecule has 6 nitrogen and oxygen atoms in total. The second-order valence-corrected chi connectivity index (χ2v) is 8.17. The normalized spacial score (nSPS) is 30.0. The molecule has 0 unspecified atom stereocenters. The summed E-state index contributed by atoms with van der Waals surface area (Å²) >= 11 is 0. The fourth-order valence-electron chi connectivity index (χ4n) is 3.84. The minimum absolute atomic E-state index is 0.0739. The highest BCUT2D eigenvalue weighted by atomic mass is 16.3. The molecule has 1 saturated heterocycles. The number of urea groups is 1. The van der Waals surface area contributed by atoms with Gasteiger partial charge in [0.1, 0.15) is 0 Å². The van der Waals surface area contributed by atoms with Gasteiger partial charge in [-0.1, -0.05) is 0 Å². The van der Waals surface area contributed by atoms with Gasteiger partial charge in [-0.25, -0.2) is 4.79 Å². The highest BCUT2D eigenvalue weighted by molar-refractivity contribution is 5.75. The molecule has 1 heterocycles. The van der Waals surface area contributed by atoms with E-state index in [-0.39, 0.29) is 12.1 Å². The molecule has 0 spiro atoms. The minimum atomic E-state index is -0.685. The Morgan fingerprint density at radius 3 is 2.52 bits per heavy atom. The Balaban J connectivity index is 1.80. The first-order chi connectivity index (χ1) is 10.7. The molecule has 0 aromatic rings. The van der Waals surface area contributed by atoms with Gasteiger partial charge in [-0.05, 0) is 54.1 Å². The molecule has 6 heteroatoms. The average Bonchev–Trinajstić information content (AvgIpc) is 2.85. The fraction of sp³-hybridized carbons (Fsp3) is 0.941. The number of nitrogens with one attached hydrogen (secondary N) is 1. The van der Waals surface area contributed by atoms with Crippen LogP contribution in [0.15, 0.2) is 0 Å². The Hall–Kier alpha value is -0.850. The van der Waals surface area contributed by atoms with Crippen LogP contribution in [0.2, 0.25) is 0 Å². The zero-order chi connectivity index (χ0) is 17.2. The quantitative estimate of drug-likeness (QED) is 0.808. The number of carbonyl (C=O) groups excluding carboxylic acids is 1. The lowest BCUT2D eigenvalue weighted by Crippen LogP contribution is -2.59. The van der Waals surface area contributed by atoms with E-state index < -0.39 is 5.60 Å². The van der Waals surface area contributed by atoms with E-state index in [1.54, 1.807) is 0 Å². The second-order valence-electron chi connectivity index (χ2n) is 8.17. The first-order valence-corrected chi connectivity index (χ1v) is 8.84. The van der Waals surface area contributed by atoms with E-state index in [1.807, 2.05) is 18.7 Å². The molecule has 3 atom stereocenters. The summed E-state index contributed by atoms with van der Waals surface area (Å²) in [5.41, 5.74) is -0.685. The molecule has 0 bridgehead atoms. The van der Waals surface area contributed by atoms with Crippen LogP contribution in [0.1, 0.15) is 40.0 Å². The SMILES string of the molecule is C[C@@H]1CN(CC(C)(C)O)CCN1C(=O)N[C@@H]1CC[C@@H](N(C)C)C1.